The van der Waals surface area contributed by atoms with Crippen molar-refractivity contribution in [1.29, 1.82) is 0 Å². The van der Waals surface area contributed by atoms with Gasteiger partial charge in [0, 0.05) is 23.9 Å². The first-order valence-electron chi connectivity index (χ1n) is 14.8. The molecule has 0 radical (unpaired) electrons. The quantitative estimate of drug-likeness (QED) is 0.165. The molecule has 1 N–H and O–H groups in total. The van der Waals surface area contributed by atoms with E-state index in [0.29, 0.717) is 28.3 Å². The second-order valence-corrected chi connectivity index (χ2v) is 11.5. The molecular weight excluding hydrogens is 584 g/mol. The molecule has 0 aromatic heterocycles. The van der Waals surface area contributed by atoms with Crippen molar-refractivity contribution >= 4 is 40.9 Å². The molecule has 0 aliphatic carbocycles. The molecule has 3 heterocycles. The van der Waals surface area contributed by atoms with E-state index in [2.05, 4.69) is 5.32 Å². The number of anilines is 2. The number of hydrogen-bond acceptors (Lipinski definition) is 8. The predicted molar refractivity (Wildman–Crippen MR) is 172 cm³/mol. The van der Waals surface area contributed by atoms with Crippen LogP contribution in [0, 0.1) is 5.92 Å². The van der Waals surface area contributed by atoms with Gasteiger partial charge < -0.3 is 24.4 Å². The van der Waals surface area contributed by atoms with Gasteiger partial charge in [0.1, 0.15) is 28.7 Å². The van der Waals surface area contributed by atoms with Crippen LogP contribution in [0.1, 0.15) is 38.8 Å². The maximum Gasteiger partial charge on any atom is 0.308 e. The number of methoxy groups -OCH3 is 2. The van der Waals surface area contributed by atoms with E-state index in [1.807, 2.05) is 65.6 Å². The average molecular weight is 615 g/mol. The summed E-state index contributed by atoms with van der Waals surface area (Å²) in [6.07, 6.45) is 3.87. The van der Waals surface area contributed by atoms with Gasteiger partial charge in [-0.25, -0.2) is 0 Å². The summed E-state index contributed by atoms with van der Waals surface area (Å²) >= 11 is 0. The van der Waals surface area contributed by atoms with Crippen molar-refractivity contribution in [2.24, 2.45) is 5.92 Å². The second-order valence-electron chi connectivity index (χ2n) is 11.5. The van der Waals surface area contributed by atoms with Crippen molar-refractivity contribution in [2.45, 2.75) is 24.4 Å². The number of fused-ring (bicyclic) bond motifs is 6. The third-order valence-corrected chi connectivity index (χ3v) is 9.17. The lowest BCUT2D eigenvalue weighted by molar-refractivity contribution is -0.131. The zero-order chi connectivity index (χ0) is 32.2. The lowest BCUT2D eigenvalue weighted by Crippen LogP contribution is -2.51. The van der Waals surface area contributed by atoms with Gasteiger partial charge >= 0.3 is 5.97 Å². The molecule has 0 saturated carbocycles. The Morgan fingerprint density at radius 1 is 0.826 bits per heavy atom. The average Bonchev–Trinajstić information content (AvgIpc) is 3.56. The Labute approximate surface area is 265 Å². The summed E-state index contributed by atoms with van der Waals surface area (Å²) in [4.78, 5) is 58.2. The van der Waals surface area contributed by atoms with Crippen molar-refractivity contribution in [3.63, 3.8) is 0 Å². The highest BCUT2D eigenvalue weighted by molar-refractivity contribution is 6.19. The summed E-state index contributed by atoms with van der Waals surface area (Å²) in [6.45, 7) is 1.30. The molecule has 46 heavy (non-hydrogen) atoms. The zero-order valence-corrected chi connectivity index (χ0v) is 25.4. The van der Waals surface area contributed by atoms with Gasteiger partial charge in [-0.3, -0.25) is 19.2 Å². The molecule has 1 fully saturated rings. The molecule has 0 unspecified atom stereocenters. The lowest BCUT2D eigenvalue weighted by atomic mass is 9.64. The number of esters is 1. The Morgan fingerprint density at radius 2 is 1.54 bits per heavy atom. The molecule has 9 heteroatoms. The molecule has 9 nitrogen and oxygen atoms in total. The first-order valence-corrected chi connectivity index (χ1v) is 14.8. The van der Waals surface area contributed by atoms with Gasteiger partial charge in [0.05, 0.1) is 31.7 Å². The first kappa shape index (κ1) is 29.0. The van der Waals surface area contributed by atoms with E-state index in [4.69, 9.17) is 14.2 Å². The number of nitrogens with one attached hydrogen (secondary N) is 1. The first-order chi connectivity index (χ1) is 22.3. The van der Waals surface area contributed by atoms with Crippen LogP contribution in [0.15, 0.2) is 97.1 Å². The summed E-state index contributed by atoms with van der Waals surface area (Å²) < 4.78 is 16.3. The fourth-order valence-electron chi connectivity index (χ4n) is 7.32. The van der Waals surface area contributed by atoms with Crippen LogP contribution in [-0.2, 0) is 15.0 Å². The van der Waals surface area contributed by atoms with Crippen molar-refractivity contribution in [3.8, 4) is 17.2 Å². The molecular formula is C37H30N2O7. The van der Waals surface area contributed by atoms with E-state index in [0.717, 1.165) is 11.3 Å². The van der Waals surface area contributed by atoms with Gasteiger partial charge in [-0.15, -0.1) is 0 Å². The minimum absolute atomic E-state index is 0.198. The Hall–Kier alpha value is -5.70. The van der Waals surface area contributed by atoms with Crippen LogP contribution in [0.5, 0.6) is 17.2 Å². The predicted octanol–water partition coefficient (Wildman–Crippen LogP) is 5.49. The van der Waals surface area contributed by atoms with E-state index >= 15 is 4.79 Å². The van der Waals surface area contributed by atoms with E-state index in [-0.39, 0.29) is 23.0 Å². The Morgan fingerprint density at radius 3 is 2.28 bits per heavy atom. The Bertz CT molecular complexity index is 1950. The van der Waals surface area contributed by atoms with Crippen LogP contribution >= 0.6 is 0 Å². The van der Waals surface area contributed by atoms with Crippen molar-refractivity contribution < 1.29 is 33.4 Å². The number of rotatable bonds is 7. The molecule has 4 atom stereocenters. The minimum atomic E-state index is -1.48. The number of benzene rings is 4. The van der Waals surface area contributed by atoms with Crippen molar-refractivity contribution in [1.82, 2.24) is 0 Å². The smallest absolute Gasteiger partial charge is 0.308 e. The van der Waals surface area contributed by atoms with Gasteiger partial charge in [-0.05, 0) is 65.7 Å². The van der Waals surface area contributed by atoms with Crippen LogP contribution in [0.2, 0.25) is 0 Å². The molecule has 4 aromatic carbocycles. The molecule has 4 aromatic rings. The number of carbonyl (C=O) groups excluding carboxylic acids is 4. The van der Waals surface area contributed by atoms with E-state index in [1.54, 1.807) is 42.5 Å². The van der Waals surface area contributed by atoms with Gasteiger partial charge in [0.25, 0.3) is 0 Å². The maximum atomic E-state index is 15.2. The molecule has 230 valence electrons. The lowest BCUT2D eigenvalue weighted by Gasteiger charge is -2.37. The molecule has 7 rings (SSSR count). The Balaban J connectivity index is 1.50. The Kier molecular flexibility index (Phi) is 6.96. The van der Waals surface area contributed by atoms with Crippen LogP contribution in [0.3, 0.4) is 0 Å². The number of carbonyl (C=O) groups is 4. The highest BCUT2D eigenvalue weighted by atomic mass is 16.5. The fourth-order valence-corrected chi connectivity index (χ4v) is 7.32. The largest absolute Gasteiger partial charge is 0.497 e. The van der Waals surface area contributed by atoms with Gasteiger partial charge in [-0.1, -0.05) is 48.6 Å². The van der Waals surface area contributed by atoms with Crippen LogP contribution in [0.25, 0.3) is 6.08 Å². The van der Waals surface area contributed by atoms with Crippen LogP contribution in [-0.4, -0.2) is 49.7 Å². The number of ether oxygens (including phenoxy) is 3. The van der Waals surface area contributed by atoms with Crippen molar-refractivity contribution in [3.05, 3.63) is 119 Å². The molecule has 1 saturated heterocycles. The molecule has 3 aliphatic rings. The highest BCUT2D eigenvalue weighted by Crippen LogP contribution is 2.58. The third kappa shape index (κ3) is 4.23. The van der Waals surface area contributed by atoms with Crippen LogP contribution in [0.4, 0.5) is 11.4 Å². The number of ketones is 2. The summed E-state index contributed by atoms with van der Waals surface area (Å²) in [5, 5.41) is 3.03. The fraction of sp³-hybridized carbons (Fsp3) is 0.189. The highest BCUT2D eigenvalue weighted by Gasteiger charge is 2.70. The summed E-state index contributed by atoms with van der Waals surface area (Å²) in [5.41, 5.74) is 1.83. The van der Waals surface area contributed by atoms with E-state index < -0.39 is 35.2 Å². The number of para-hydroxylation sites is 2. The van der Waals surface area contributed by atoms with E-state index in [9.17, 15) is 14.4 Å². The topological polar surface area (TPSA) is 111 Å². The SMILES string of the molecule is COc1ccc(OC)c(C(=O)[C@@H]2[C@H](C(=O)c3ccc(OC(C)=O)cc3)N3c4ccccc4C=C[C@@H]3[C@@]23C(=O)Nc2ccccc23)c1. The van der Waals surface area contributed by atoms with Gasteiger partial charge in [0.2, 0.25) is 5.91 Å². The maximum absolute atomic E-state index is 15.2. The van der Waals surface area contributed by atoms with Gasteiger partial charge in [0.15, 0.2) is 11.6 Å². The minimum Gasteiger partial charge on any atom is -0.497 e. The number of amides is 1. The third-order valence-electron chi connectivity index (χ3n) is 9.17. The molecule has 1 amide bonds. The number of nitrogens with zero attached hydrogens (tertiary/aromatic N) is 1. The molecule has 1 spiro atoms. The standard InChI is InChI=1S/C37H30N2O7/c1-21(40)46-24-15-12-23(13-16-24)34(41)33-32(35(42)26-20-25(44-2)17-18-30(26)45-3)37(27-9-5-6-10-28(27)38-36(37)43)31-19-14-22-8-4-7-11-29(22)39(31)33/h4-20,31-33H,1-3H3,(H,38,43)/t31-,32+,33-,37-/m1/s1. The summed E-state index contributed by atoms with van der Waals surface area (Å²) in [5.74, 6) is -1.83. The van der Waals surface area contributed by atoms with Gasteiger partial charge in [-0.2, -0.15) is 0 Å². The van der Waals surface area contributed by atoms with Crippen LogP contribution < -0.4 is 24.4 Å². The normalized spacial score (nSPS) is 22.0. The van der Waals surface area contributed by atoms with Crippen molar-refractivity contribution in [2.75, 3.05) is 24.4 Å². The number of hydrogen-bond donors (Lipinski definition) is 1. The monoisotopic (exact) mass is 614 g/mol. The zero-order valence-electron chi connectivity index (χ0n) is 25.4. The molecule has 0 bridgehead atoms. The molecule has 3 aliphatic heterocycles. The second kappa shape index (κ2) is 11.0. The number of Topliss-reactive ketones (excluding diaryl/α,β-unsaturated/α-hetero) is 2. The summed E-state index contributed by atoms with van der Waals surface area (Å²) in [7, 11) is 2.97. The summed E-state index contributed by atoms with van der Waals surface area (Å²) in [6, 6.07) is 24.3. The van der Waals surface area contributed by atoms with E-state index in [1.165, 1.54) is 21.1 Å².